The molecular weight excluding hydrogens is 426 g/mol. The van der Waals surface area contributed by atoms with Gasteiger partial charge < -0.3 is 21.3 Å². The van der Waals surface area contributed by atoms with E-state index >= 15 is 0 Å². The molecule has 34 heavy (non-hydrogen) atoms. The number of fused-ring (bicyclic) bond motifs is 2. The maximum absolute atomic E-state index is 12.7. The maximum Gasteiger partial charge on any atom is 0.321 e. The van der Waals surface area contributed by atoms with Gasteiger partial charge in [-0.2, -0.15) is 0 Å². The molecule has 1 unspecified atom stereocenters. The number of hydrogen-bond acceptors (Lipinski definition) is 5. The summed E-state index contributed by atoms with van der Waals surface area (Å²) < 4.78 is 2.10. The van der Waals surface area contributed by atoms with Gasteiger partial charge in [-0.15, -0.1) is 0 Å². The number of benzene rings is 2. The third-order valence-electron chi connectivity index (χ3n) is 6.91. The molecule has 2 aromatic carbocycles. The van der Waals surface area contributed by atoms with Crippen molar-refractivity contribution in [3.8, 4) is 0 Å². The highest BCUT2D eigenvalue weighted by molar-refractivity contribution is 5.89. The maximum atomic E-state index is 12.7. The highest BCUT2D eigenvalue weighted by Gasteiger charge is 2.32. The second kappa shape index (κ2) is 8.37. The minimum Gasteiger partial charge on any atom is -0.382 e. The number of likely N-dealkylation sites (tertiary alicyclic amines) is 1. The number of piperidine rings is 1. The summed E-state index contributed by atoms with van der Waals surface area (Å²) in [4.78, 5) is 24.1. The molecule has 1 saturated heterocycles. The lowest BCUT2D eigenvalue weighted by molar-refractivity contribution is 0.193. The summed E-state index contributed by atoms with van der Waals surface area (Å²) in [5, 5.41) is 6.60. The minimum atomic E-state index is -0.0559. The molecule has 172 valence electrons. The van der Waals surface area contributed by atoms with Gasteiger partial charge in [0.25, 0.3) is 0 Å². The summed E-state index contributed by atoms with van der Waals surface area (Å²) in [7, 11) is 0. The van der Waals surface area contributed by atoms with Gasteiger partial charge in [0.15, 0.2) is 0 Å². The van der Waals surface area contributed by atoms with E-state index in [1.165, 1.54) is 5.56 Å². The zero-order chi connectivity index (χ0) is 23.1. The summed E-state index contributed by atoms with van der Waals surface area (Å²) in [5.74, 6) is 1.74. The fourth-order valence-corrected chi connectivity index (χ4v) is 5.17. The van der Waals surface area contributed by atoms with Gasteiger partial charge in [0.05, 0.1) is 11.7 Å². The van der Waals surface area contributed by atoms with E-state index in [9.17, 15) is 4.79 Å². The second-order valence-corrected chi connectivity index (χ2v) is 9.00. The number of para-hydroxylation sites is 2. The molecule has 0 radical (unpaired) electrons. The number of carbonyl (C=O) groups is 1. The van der Waals surface area contributed by atoms with Gasteiger partial charge >= 0.3 is 6.03 Å². The quantitative estimate of drug-likeness (QED) is 0.426. The molecule has 1 atom stereocenters. The lowest BCUT2D eigenvalue weighted by atomic mass is 9.96. The number of anilines is 3. The lowest BCUT2D eigenvalue weighted by Gasteiger charge is -2.31. The Bertz CT molecular complexity index is 1320. The van der Waals surface area contributed by atoms with E-state index in [4.69, 9.17) is 10.7 Å². The van der Waals surface area contributed by atoms with Gasteiger partial charge in [-0.05, 0) is 36.6 Å². The number of imidazole rings is 1. The number of nitrogens with one attached hydrogen (secondary N) is 2. The number of rotatable bonds is 3. The SMILES string of the molecule is Nc1nccn2c(C3CCN(C(=O)Nc4ccccc4)CC3)nc(C3Cc4ccccc4N3)c12. The van der Waals surface area contributed by atoms with Crippen molar-refractivity contribution in [1.82, 2.24) is 19.3 Å². The van der Waals surface area contributed by atoms with Gasteiger partial charge in [0.1, 0.15) is 17.2 Å². The van der Waals surface area contributed by atoms with Crippen molar-refractivity contribution in [2.75, 3.05) is 29.5 Å². The molecule has 0 aliphatic carbocycles. The van der Waals surface area contributed by atoms with Crippen LogP contribution in [0.1, 0.15) is 41.9 Å². The van der Waals surface area contributed by atoms with Crippen molar-refractivity contribution in [1.29, 1.82) is 0 Å². The number of nitrogen functional groups attached to an aromatic ring is 1. The summed E-state index contributed by atoms with van der Waals surface area (Å²) in [6, 6.07) is 17.9. The molecule has 2 aliphatic rings. The molecule has 8 nitrogen and oxygen atoms in total. The van der Waals surface area contributed by atoms with Crippen molar-refractivity contribution in [3.05, 3.63) is 84.1 Å². The molecule has 4 aromatic rings. The van der Waals surface area contributed by atoms with Crippen molar-refractivity contribution in [2.24, 2.45) is 0 Å². The number of hydrogen-bond donors (Lipinski definition) is 3. The molecule has 0 saturated carbocycles. The van der Waals surface area contributed by atoms with Gasteiger partial charge in [0, 0.05) is 49.2 Å². The summed E-state index contributed by atoms with van der Waals surface area (Å²) in [5.41, 5.74) is 11.4. The van der Waals surface area contributed by atoms with Crippen LogP contribution in [0, 0.1) is 0 Å². The molecule has 8 heteroatoms. The van der Waals surface area contributed by atoms with Crippen molar-refractivity contribution < 1.29 is 4.79 Å². The number of amides is 2. The molecule has 2 aliphatic heterocycles. The Kier molecular flexibility index (Phi) is 5.05. The zero-order valence-corrected chi connectivity index (χ0v) is 18.8. The van der Waals surface area contributed by atoms with E-state index in [0.29, 0.717) is 18.9 Å². The van der Waals surface area contributed by atoms with Crippen LogP contribution in [0.3, 0.4) is 0 Å². The summed E-state index contributed by atoms with van der Waals surface area (Å²) in [6.07, 6.45) is 6.25. The van der Waals surface area contributed by atoms with Crippen LogP contribution in [0.2, 0.25) is 0 Å². The Morgan fingerprint density at radius 3 is 2.62 bits per heavy atom. The van der Waals surface area contributed by atoms with Crippen LogP contribution in [0.25, 0.3) is 5.52 Å². The van der Waals surface area contributed by atoms with Crippen molar-refractivity contribution in [2.45, 2.75) is 31.2 Å². The average Bonchev–Trinajstić information content (AvgIpc) is 3.47. The highest BCUT2D eigenvalue weighted by atomic mass is 16.2. The Morgan fingerprint density at radius 2 is 1.82 bits per heavy atom. The topological polar surface area (TPSA) is 101 Å². The third kappa shape index (κ3) is 3.61. The predicted molar refractivity (Wildman–Crippen MR) is 133 cm³/mol. The van der Waals surface area contributed by atoms with Crippen molar-refractivity contribution >= 4 is 28.7 Å². The number of carbonyl (C=O) groups excluding carboxylic acids is 1. The first-order chi connectivity index (χ1) is 16.7. The van der Waals surface area contributed by atoms with Crippen LogP contribution in [-0.4, -0.2) is 38.4 Å². The van der Waals surface area contributed by atoms with Gasteiger partial charge in [0.2, 0.25) is 0 Å². The fourth-order valence-electron chi connectivity index (χ4n) is 5.17. The number of nitrogens with zero attached hydrogens (tertiary/aromatic N) is 4. The average molecular weight is 454 g/mol. The number of urea groups is 1. The minimum absolute atomic E-state index is 0.0559. The first kappa shape index (κ1) is 20.5. The van der Waals surface area contributed by atoms with Crippen LogP contribution >= 0.6 is 0 Å². The Balaban J connectivity index is 1.23. The van der Waals surface area contributed by atoms with Crippen LogP contribution < -0.4 is 16.4 Å². The Hall–Kier alpha value is -4.07. The lowest BCUT2D eigenvalue weighted by Crippen LogP contribution is -2.40. The van der Waals surface area contributed by atoms with Crippen LogP contribution in [0.15, 0.2) is 67.0 Å². The molecule has 4 N–H and O–H groups in total. The summed E-state index contributed by atoms with van der Waals surface area (Å²) in [6.45, 7) is 1.36. The molecule has 6 rings (SSSR count). The normalized spacial score (nSPS) is 18.0. The van der Waals surface area contributed by atoms with Gasteiger partial charge in [-0.1, -0.05) is 36.4 Å². The molecule has 0 bridgehead atoms. The van der Waals surface area contributed by atoms with E-state index in [0.717, 1.165) is 47.7 Å². The largest absolute Gasteiger partial charge is 0.382 e. The monoisotopic (exact) mass is 453 g/mol. The smallest absolute Gasteiger partial charge is 0.321 e. The van der Waals surface area contributed by atoms with E-state index in [1.807, 2.05) is 47.5 Å². The Morgan fingerprint density at radius 1 is 1.06 bits per heavy atom. The first-order valence-electron chi connectivity index (χ1n) is 11.7. The second-order valence-electron chi connectivity index (χ2n) is 9.00. The molecule has 2 amide bonds. The molecule has 4 heterocycles. The highest BCUT2D eigenvalue weighted by Crippen LogP contribution is 2.38. The first-order valence-corrected chi connectivity index (χ1v) is 11.7. The predicted octanol–water partition coefficient (Wildman–Crippen LogP) is 4.43. The molecule has 0 spiro atoms. The van der Waals surface area contributed by atoms with Gasteiger partial charge in [-0.25, -0.2) is 14.8 Å². The third-order valence-corrected chi connectivity index (χ3v) is 6.91. The summed E-state index contributed by atoms with van der Waals surface area (Å²) >= 11 is 0. The van der Waals surface area contributed by atoms with Crippen LogP contribution in [0.5, 0.6) is 0 Å². The fraction of sp³-hybridized carbons (Fsp3) is 0.269. The van der Waals surface area contributed by atoms with E-state index in [1.54, 1.807) is 6.20 Å². The Labute approximate surface area is 197 Å². The van der Waals surface area contributed by atoms with Gasteiger partial charge in [-0.3, -0.25) is 4.40 Å². The van der Waals surface area contributed by atoms with E-state index < -0.39 is 0 Å². The van der Waals surface area contributed by atoms with Crippen LogP contribution in [-0.2, 0) is 6.42 Å². The van der Waals surface area contributed by atoms with E-state index in [2.05, 4.69) is 38.2 Å². The molecule has 2 aromatic heterocycles. The molecular formula is C26H27N7O. The van der Waals surface area contributed by atoms with E-state index in [-0.39, 0.29) is 18.0 Å². The van der Waals surface area contributed by atoms with Crippen molar-refractivity contribution in [3.63, 3.8) is 0 Å². The standard InChI is InChI=1S/C26H27N7O/c27-24-23-22(21-16-18-6-4-5-9-20(18)30-21)31-25(33(23)15-12-28-24)17-10-13-32(14-11-17)26(34)29-19-7-2-1-3-8-19/h1-9,12,15,17,21,30H,10-11,13-14,16H2,(H2,27,28)(H,29,34). The number of aromatic nitrogens is 3. The molecule has 1 fully saturated rings. The zero-order valence-electron chi connectivity index (χ0n) is 18.8. The van der Waals surface area contributed by atoms with Crippen LogP contribution in [0.4, 0.5) is 22.0 Å². The number of nitrogens with two attached hydrogens (primary N) is 1.